The van der Waals surface area contributed by atoms with Crippen LogP contribution >= 0.6 is 0 Å². The molecule has 170 valence electrons. The van der Waals surface area contributed by atoms with Crippen LogP contribution in [0.1, 0.15) is 68.2 Å². The number of hydrogen-bond donors (Lipinski definition) is 2. The molecule has 0 atom stereocenters. The molecule has 0 radical (unpaired) electrons. The molecule has 0 bridgehead atoms. The predicted octanol–water partition coefficient (Wildman–Crippen LogP) is 6.44. The SMILES string of the molecule is Cc1cc(-n2c(C(C)C)c(C3CC4(CC(C(=O)O)C4)C3)c3cc4[nH]ncc4cc32)ccc1F. The van der Waals surface area contributed by atoms with Crippen molar-refractivity contribution in [1.29, 1.82) is 0 Å². The molecule has 2 aliphatic carbocycles. The lowest BCUT2D eigenvalue weighted by Gasteiger charge is -2.57. The first-order valence-corrected chi connectivity index (χ1v) is 11.8. The Kier molecular flexibility index (Phi) is 4.29. The summed E-state index contributed by atoms with van der Waals surface area (Å²) in [7, 11) is 0. The number of carboxylic acid groups (broad SMARTS) is 1. The molecule has 2 fully saturated rings. The van der Waals surface area contributed by atoms with E-state index in [1.807, 2.05) is 18.3 Å². The molecular weight excluding hydrogens is 417 g/mol. The van der Waals surface area contributed by atoms with Gasteiger partial charge in [-0.15, -0.1) is 0 Å². The van der Waals surface area contributed by atoms with Crippen molar-refractivity contribution < 1.29 is 14.3 Å². The largest absolute Gasteiger partial charge is 0.481 e. The summed E-state index contributed by atoms with van der Waals surface area (Å²) in [6.07, 6.45) is 5.53. The molecule has 2 aliphatic rings. The molecular formula is C27H28FN3O2. The van der Waals surface area contributed by atoms with Crippen molar-refractivity contribution in [2.75, 3.05) is 0 Å². The Morgan fingerprint density at radius 1 is 1.21 bits per heavy atom. The highest BCUT2D eigenvalue weighted by molar-refractivity contribution is 5.99. The molecule has 6 rings (SSSR count). The van der Waals surface area contributed by atoms with Crippen LogP contribution < -0.4 is 0 Å². The van der Waals surface area contributed by atoms with Crippen LogP contribution in [0.5, 0.6) is 0 Å². The van der Waals surface area contributed by atoms with Gasteiger partial charge in [0.05, 0.1) is 23.1 Å². The third-order valence-corrected chi connectivity index (χ3v) is 8.03. The highest BCUT2D eigenvalue weighted by Crippen LogP contribution is 2.65. The van der Waals surface area contributed by atoms with Crippen molar-refractivity contribution in [3.05, 3.63) is 59.2 Å². The number of H-pyrrole nitrogens is 1. The summed E-state index contributed by atoms with van der Waals surface area (Å²) in [6, 6.07) is 9.73. The molecule has 0 amide bonds. The molecule has 1 spiro atoms. The van der Waals surface area contributed by atoms with E-state index in [1.165, 1.54) is 16.6 Å². The molecule has 0 unspecified atom stereocenters. The van der Waals surface area contributed by atoms with Gasteiger partial charge in [-0.2, -0.15) is 5.10 Å². The Balaban J connectivity index is 1.53. The number of nitrogens with one attached hydrogen (secondary N) is 1. The summed E-state index contributed by atoms with van der Waals surface area (Å²) in [4.78, 5) is 11.4. The van der Waals surface area contributed by atoms with E-state index in [4.69, 9.17) is 0 Å². The fraction of sp³-hybridized carbons (Fsp3) is 0.407. The van der Waals surface area contributed by atoms with Crippen molar-refractivity contribution in [1.82, 2.24) is 14.8 Å². The number of aliphatic carboxylic acids is 1. The number of aromatic nitrogens is 3. The first-order valence-electron chi connectivity index (χ1n) is 11.8. The molecule has 2 aromatic carbocycles. The van der Waals surface area contributed by atoms with Gasteiger partial charge in [0.1, 0.15) is 5.82 Å². The summed E-state index contributed by atoms with van der Waals surface area (Å²) < 4.78 is 16.4. The van der Waals surface area contributed by atoms with E-state index in [1.54, 1.807) is 13.0 Å². The van der Waals surface area contributed by atoms with Gasteiger partial charge in [0.15, 0.2) is 0 Å². The van der Waals surface area contributed by atoms with E-state index in [2.05, 4.69) is 40.7 Å². The third-order valence-electron chi connectivity index (χ3n) is 8.03. The standard InChI is InChI=1S/C27H28FN3O2/c1-14(2)25-24(17-9-27(10-17)11-18(12-27)26(32)33)20-8-22-16(13-29-30-22)7-23(20)31(25)19-4-5-21(28)15(3)6-19/h4-8,13-14,17-18H,9-12H2,1-3H3,(H,29,30)(H,32,33). The van der Waals surface area contributed by atoms with Crippen LogP contribution in [0, 0.1) is 24.1 Å². The average molecular weight is 446 g/mol. The van der Waals surface area contributed by atoms with Gasteiger partial charge >= 0.3 is 5.97 Å². The Labute approximate surface area is 191 Å². The molecule has 2 N–H and O–H groups in total. The molecule has 2 aromatic heterocycles. The molecule has 0 aliphatic heterocycles. The Morgan fingerprint density at radius 3 is 2.64 bits per heavy atom. The van der Waals surface area contributed by atoms with Gasteiger partial charge in [-0.3, -0.25) is 9.89 Å². The lowest BCUT2D eigenvalue weighted by atomic mass is 9.47. The van der Waals surface area contributed by atoms with Gasteiger partial charge in [-0.1, -0.05) is 13.8 Å². The number of aromatic amines is 1. The summed E-state index contributed by atoms with van der Waals surface area (Å²) in [6.45, 7) is 6.24. The van der Waals surface area contributed by atoms with Gasteiger partial charge < -0.3 is 9.67 Å². The van der Waals surface area contributed by atoms with E-state index in [0.29, 0.717) is 11.5 Å². The lowest BCUT2D eigenvalue weighted by Crippen LogP contribution is -2.49. The van der Waals surface area contributed by atoms with Crippen molar-refractivity contribution in [2.24, 2.45) is 11.3 Å². The molecule has 2 saturated carbocycles. The van der Waals surface area contributed by atoms with Crippen LogP contribution in [0.4, 0.5) is 4.39 Å². The number of carbonyl (C=O) groups is 1. The van der Waals surface area contributed by atoms with Crippen LogP contribution in [0.2, 0.25) is 0 Å². The maximum atomic E-state index is 14.1. The van der Waals surface area contributed by atoms with E-state index >= 15 is 0 Å². The number of carboxylic acids is 1. The first-order chi connectivity index (χ1) is 15.8. The zero-order chi connectivity index (χ0) is 23.1. The zero-order valence-corrected chi connectivity index (χ0v) is 19.2. The number of hydrogen-bond acceptors (Lipinski definition) is 2. The molecule has 6 heteroatoms. The van der Waals surface area contributed by atoms with E-state index in [9.17, 15) is 14.3 Å². The molecule has 0 saturated heterocycles. The normalized spacial score (nSPS) is 24.5. The number of nitrogens with zero attached hydrogens (tertiary/aromatic N) is 2. The van der Waals surface area contributed by atoms with E-state index < -0.39 is 5.97 Å². The smallest absolute Gasteiger partial charge is 0.306 e. The van der Waals surface area contributed by atoms with Crippen LogP contribution in [0.3, 0.4) is 0 Å². The maximum Gasteiger partial charge on any atom is 0.306 e. The first kappa shape index (κ1) is 20.5. The molecule has 33 heavy (non-hydrogen) atoms. The summed E-state index contributed by atoms with van der Waals surface area (Å²) in [5.41, 5.74) is 6.56. The van der Waals surface area contributed by atoms with Gasteiger partial charge in [-0.05, 0) is 91.3 Å². The minimum Gasteiger partial charge on any atom is -0.481 e. The molecule has 4 aromatic rings. The van der Waals surface area contributed by atoms with Crippen LogP contribution in [0.25, 0.3) is 27.5 Å². The number of halogens is 1. The lowest BCUT2D eigenvalue weighted by molar-refractivity contribution is -0.155. The second-order valence-corrected chi connectivity index (χ2v) is 10.6. The van der Waals surface area contributed by atoms with E-state index in [0.717, 1.165) is 47.8 Å². The molecule has 5 nitrogen and oxygen atoms in total. The minimum absolute atomic E-state index is 0.177. The monoisotopic (exact) mass is 445 g/mol. The second-order valence-electron chi connectivity index (χ2n) is 10.6. The third kappa shape index (κ3) is 2.96. The Bertz CT molecular complexity index is 1420. The fourth-order valence-electron chi connectivity index (χ4n) is 6.50. The van der Waals surface area contributed by atoms with Crippen LogP contribution in [0.15, 0.2) is 36.5 Å². The van der Waals surface area contributed by atoms with Gasteiger partial charge in [0.2, 0.25) is 0 Å². The van der Waals surface area contributed by atoms with Gasteiger partial charge in [-0.25, -0.2) is 4.39 Å². The zero-order valence-electron chi connectivity index (χ0n) is 19.2. The maximum absolute atomic E-state index is 14.1. The van der Waals surface area contributed by atoms with E-state index in [-0.39, 0.29) is 23.1 Å². The van der Waals surface area contributed by atoms with Crippen molar-refractivity contribution in [3.63, 3.8) is 0 Å². The highest BCUT2D eigenvalue weighted by atomic mass is 19.1. The summed E-state index contributed by atoms with van der Waals surface area (Å²) in [5, 5.41) is 18.9. The van der Waals surface area contributed by atoms with Crippen molar-refractivity contribution in [3.8, 4) is 5.69 Å². The van der Waals surface area contributed by atoms with Gasteiger partial charge in [0, 0.05) is 22.2 Å². The van der Waals surface area contributed by atoms with Crippen molar-refractivity contribution >= 4 is 27.8 Å². The fourth-order valence-corrected chi connectivity index (χ4v) is 6.50. The topological polar surface area (TPSA) is 70.9 Å². The minimum atomic E-state index is -0.656. The average Bonchev–Trinajstić information content (AvgIpc) is 3.28. The second kappa shape index (κ2) is 6.92. The van der Waals surface area contributed by atoms with Crippen LogP contribution in [-0.2, 0) is 4.79 Å². The summed E-state index contributed by atoms with van der Waals surface area (Å²) in [5.74, 6) is -0.347. The Morgan fingerprint density at radius 2 is 1.97 bits per heavy atom. The number of aryl methyl sites for hydroxylation is 1. The van der Waals surface area contributed by atoms with Gasteiger partial charge in [0.25, 0.3) is 0 Å². The number of benzene rings is 2. The number of fused-ring (bicyclic) bond motifs is 2. The predicted molar refractivity (Wildman–Crippen MR) is 126 cm³/mol. The van der Waals surface area contributed by atoms with Crippen molar-refractivity contribution in [2.45, 2.75) is 58.3 Å². The Hall–Kier alpha value is -3.15. The van der Waals surface area contributed by atoms with Crippen LogP contribution in [-0.4, -0.2) is 25.8 Å². The number of rotatable bonds is 4. The highest BCUT2D eigenvalue weighted by Gasteiger charge is 2.56. The summed E-state index contributed by atoms with van der Waals surface area (Å²) >= 11 is 0. The quantitative estimate of drug-likeness (QED) is 0.380. The molecule has 2 heterocycles.